The second-order valence-corrected chi connectivity index (χ2v) is 9.77. The van der Waals surface area contributed by atoms with Crippen LogP contribution in [0.2, 0.25) is 0 Å². The molecule has 0 unspecified atom stereocenters. The standard InChI is InChI=1S/C27H28N4OS/c1-18-7-9-20(10-8-18)23-12-11-22-24(28)25(33-27(22)30-23)26(32)29-21-13-15-31(16-14-21)17-19-5-3-2-4-6-19/h2-12,21H,13-17,28H2,1H3,(H,29,32). The molecule has 2 aromatic heterocycles. The van der Waals surface area contributed by atoms with E-state index >= 15 is 0 Å². The molecule has 1 aliphatic heterocycles. The molecule has 0 aliphatic carbocycles. The predicted molar refractivity (Wildman–Crippen MR) is 136 cm³/mol. The number of nitrogens with two attached hydrogens (primary N) is 1. The summed E-state index contributed by atoms with van der Waals surface area (Å²) in [6.45, 7) is 4.98. The molecule has 0 spiro atoms. The van der Waals surface area contributed by atoms with Crippen molar-refractivity contribution in [1.82, 2.24) is 15.2 Å². The predicted octanol–water partition coefficient (Wildman–Crippen LogP) is 5.25. The van der Waals surface area contributed by atoms with E-state index in [1.165, 1.54) is 22.5 Å². The minimum Gasteiger partial charge on any atom is -0.397 e. The molecule has 1 saturated heterocycles. The van der Waals surface area contributed by atoms with Crippen LogP contribution >= 0.6 is 11.3 Å². The molecular formula is C27H28N4OS. The third-order valence-electron chi connectivity index (χ3n) is 6.32. The highest BCUT2D eigenvalue weighted by Crippen LogP contribution is 2.34. The van der Waals surface area contributed by atoms with E-state index in [1.807, 2.05) is 18.2 Å². The minimum absolute atomic E-state index is 0.0890. The highest BCUT2D eigenvalue weighted by Gasteiger charge is 2.24. The molecule has 5 rings (SSSR count). The molecule has 1 aliphatic rings. The second-order valence-electron chi connectivity index (χ2n) is 8.77. The van der Waals surface area contributed by atoms with Gasteiger partial charge in [-0.05, 0) is 37.5 Å². The molecular weight excluding hydrogens is 428 g/mol. The number of nitrogens with one attached hydrogen (secondary N) is 1. The Hall–Kier alpha value is -3.22. The van der Waals surface area contributed by atoms with Crippen molar-refractivity contribution in [1.29, 1.82) is 0 Å². The fraction of sp³-hybridized carbons (Fsp3) is 0.259. The topological polar surface area (TPSA) is 71.2 Å². The number of rotatable bonds is 5. The molecule has 0 atom stereocenters. The average Bonchev–Trinajstić information content (AvgIpc) is 3.17. The number of aryl methyl sites for hydroxylation is 1. The van der Waals surface area contributed by atoms with Crippen molar-refractivity contribution in [2.45, 2.75) is 32.4 Å². The first kappa shape index (κ1) is 21.6. The van der Waals surface area contributed by atoms with E-state index in [-0.39, 0.29) is 11.9 Å². The lowest BCUT2D eigenvalue weighted by Gasteiger charge is -2.32. The van der Waals surface area contributed by atoms with Crippen LogP contribution in [0.25, 0.3) is 21.5 Å². The van der Waals surface area contributed by atoms with Crippen molar-refractivity contribution in [3.63, 3.8) is 0 Å². The van der Waals surface area contributed by atoms with Gasteiger partial charge >= 0.3 is 0 Å². The van der Waals surface area contributed by atoms with Gasteiger partial charge in [-0.25, -0.2) is 4.98 Å². The zero-order valence-electron chi connectivity index (χ0n) is 18.8. The van der Waals surface area contributed by atoms with Gasteiger partial charge in [0.2, 0.25) is 0 Å². The fourth-order valence-electron chi connectivity index (χ4n) is 4.38. The van der Waals surface area contributed by atoms with E-state index in [9.17, 15) is 4.79 Å². The van der Waals surface area contributed by atoms with Gasteiger partial charge in [-0.3, -0.25) is 9.69 Å². The summed E-state index contributed by atoms with van der Waals surface area (Å²) in [6, 6.07) is 22.9. The van der Waals surface area contributed by atoms with Gasteiger partial charge in [0.15, 0.2) is 0 Å². The van der Waals surface area contributed by atoms with E-state index in [4.69, 9.17) is 10.7 Å². The first-order chi connectivity index (χ1) is 16.1. The fourth-order valence-corrected chi connectivity index (χ4v) is 5.38. The number of piperidine rings is 1. The van der Waals surface area contributed by atoms with Crippen LogP contribution in [0.4, 0.5) is 5.69 Å². The first-order valence-electron chi connectivity index (χ1n) is 11.4. The molecule has 2 aromatic carbocycles. The van der Waals surface area contributed by atoms with Crippen LogP contribution in [0.1, 0.15) is 33.6 Å². The highest BCUT2D eigenvalue weighted by molar-refractivity contribution is 7.21. The Kier molecular flexibility index (Phi) is 6.11. The summed E-state index contributed by atoms with van der Waals surface area (Å²) in [7, 11) is 0. The Bertz CT molecular complexity index is 1260. The van der Waals surface area contributed by atoms with Gasteiger partial charge in [0.25, 0.3) is 5.91 Å². The Morgan fingerprint density at radius 1 is 1.06 bits per heavy atom. The van der Waals surface area contributed by atoms with E-state index in [1.54, 1.807) is 0 Å². The van der Waals surface area contributed by atoms with Gasteiger partial charge in [-0.2, -0.15) is 0 Å². The van der Waals surface area contributed by atoms with E-state index in [0.717, 1.165) is 53.9 Å². The summed E-state index contributed by atoms with van der Waals surface area (Å²) in [4.78, 5) is 21.6. The Labute approximate surface area is 198 Å². The van der Waals surface area contributed by atoms with Crippen LogP contribution in [0, 0.1) is 6.92 Å². The number of likely N-dealkylation sites (tertiary alicyclic amines) is 1. The summed E-state index contributed by atoms with van der Waals surface area (Å²) in [5, 5.41) is 4.06. The number of aromatic nitrogens is 1. The van der Waals surface area contributed by atoms with Crippen LogP contribution < -0.4 is 11.1 Å². The lowest BCUT2D eigenvalue weighted by molar-refractivity contribution is 0.0914. The van der Waals surface area contributed by atoms with Crippen LogP contribution in [0.5, 0.6) is 0 Å². The number of thiophene rings is 1. The Morgan fingerprint density at radius 2 is 1.79 bits per heavy atom. The first-order valence-corrected chi connectivity index (χ1v) is 12.2. The molecule has 168 valence electrons. The summed E-state index contributed by atoms with van der Waals surface area (Å²) in [5.41, 5.74) is 11.4. The maximum absolute atomic E-state index is 13.0. The number of fused-ring (bicyclic) bond motifs is 1. The number of carbonyl (C=O) groups is 1. The van der Waals surface area contributed by atoms with E-state index in [0.29, 0.717) is 10.6 Å². The molecule has 4 aromatic rings. The monoisotopic (exact) mass is 456 g/mol. The Balaban J connectivity index is 1.25. The molecule has 33 heavy (non-hydrogen) atoms. The number of nitrogen functional groups attached to an aromatic ring is 1. The Morgan fingerprint density at radius 3 is 2.52 bits per heavy atom. The van der Waals surface area contributed by atoms with Crippen molar-refractivity contribution in [3.05, 3.63) is 82.7 Å². The van der Waals surface area contributed by atoms with Crippen LogP contribution in [-0.4, -0.2) is 34.9 Å². The number of nitrogens with zero attached hydrogens (tertiary/aromatic N) is 2. The number of hydrogen-bond acceptors (Lipinski definition) is 5. The van der Waals surface area contributed by atoms with Gasteiger partial charge in [-0.1, -0.05) is 60.2 Å². The molecule has 3 heterocycles. The van der Waals surface area contributed by atoms with Gasteiger partial charge in [0.05, 0.1) is 11.4 Å². The lowest BCUT2D eigenvalue weighted by atomic mass is 10.0. The van der Waals surface area contributed by atoms with Crippen molar-refractivity contribution >= 4 is 33.1 Å². The smallest absolute Gasteiger partial charge is 0.263 e. The van der Waals surface area contributed by atoms with Crippen LogP contribution in [-0.2, 0) is 6.54 Å². The molecule has 1 amide bonds. The van der Waals surface area contributed by atoms with E-state index in [2.05, 4.69) is 65.7 Å². The molecule has 1 fully saturated rings. The third kappa shape index (κ3) is 4.77. The third-order valence-corrected chi connectivity index (χ3v) is 7.43. The van der Waals surface area contributed by atoms with Gasteiger partial charge < -0.3 is 11.1 Å². The lowest BCUT2D eigenvalue weighted by Crippen LogP contribution is -2.44. The van der Waals surface area contributed by atoms with Gasteiger partial charge in [0, 0.05) is 36.6 Å². The van der Waals surface area contributed by atoms with Gasteiger partial charge in [0.1, 0.15) is 9.71 Å². The van der Waals surface area contributed by atoms with Crippen molar-refractivity contribution in [2.24, 2.45) is 0 Å². The minimum atomic E-state index is -0.0890. The summed E-state index contributed by atoms with van der Waals surface area (Å²) >= 11 is 1.38. The quantitative estimate of drug-likeness (QED) is 0.430. The normalized spacial score (nSPS) is 15.1. The molecule has 0 saturated carbocycles. The highest BCUT2D eigenvalue weighted by atomic mass is 32.1. The SMILES string of the molecule is Cc1ccc(-c2ccc3c(N)c(C(=O)NC4CCN(Cc5ccccc5)CC4)sc3n2)cc1. The summed E-state index contributed by atoms with van der Waals surface area (Å²) < 4.78 is 0. The largest absolute Gasteiger partial charge is 0.397 e. The maximum atomic E-state index is 13.0. The molecule has 3 N–H and O–H groups in total. The number of amides is 1. The van der Waals surface area contributed by atoms with Crippen molar-refractivity contribution in [3.8, 4) is 11.3 Å². The van der Waals surface area contributed by atoms with Gasteiger partial charge in [-0.15, -0.1) is 11.3 Å². The van der Waals surface area contributed by atoms with Crippen LogP contribution in [0.3, 0.4) is 0 Å². The second kappa shape index (κ2) is 9.33. The molecule has 6 heteroatoms. The average molecular weight is 457 g/mol. The number of hydrogen-bond donors (Lipinski definition) is 2. The number of anilines is 1. The zero-order valence-corrected chi connectivity index (χ0v) is 19.6. The molecule has 5 nitrogen and oxygen atoms in total. The van der Waals surface area contributed by atoms with E-state index < -0.39 is 0 Å². The maximum Gasteiger partial charge on any atom is 0.263 e. The molecule has 0 radical (unpaired) electrons. The molecule has 0 bridgehead atoms. The number of carbonyl (C=O) groups excluding carboxylic acids is 1. The zero-order chi connectivity index (χ0) is 22.8. The van der Waals surface area contributed by atoms with Crippen molar-refractivity contribution in [2.75, 3.05) is 18.8 Å². The number of benzene rings is 2. The van der Waals surface area contributed by atoms with Crippen LogP contribution in [0.15, 0.2) is 66.7 Å². The summed E-state index contributed by atoms with van der Waals surface area (Å²) in [6.07, 6.45) is 1.89. The van der Waals surface area contributed by atoms with Crippen molar-refractivity contribution < 1.29 is 4.79 Å². The number of pyridine rings is 1. The summed E-state index contributed by atoms with van der Waals surface area (Å²) in [5.74, 6) is -0.0890.